The summed E-state index contributed by atoms with van der Waals surface area (Å²) in [6.07, 6.45) is -8.08. The lowest BCUT2D eigenvalue weighted by Crippen LogP contribution is -2.37. The van der Waals surface area contributed by atoms with Gasteiger partial charge in [0.25, 0.3) is 0 Å². The van der Waals surface area contributed by atoms with Gasteiger partial charge < -0.3 is 20.4 Å². The zero-order chi connectivity index (χ0) is 29.9. The average molecular weight is 606 g/mol. The van der Waals surface area contributed by atoms with Crippen LogP contribution in [0.25, 0.3) is 0 Å². The van der Waals surface area contributed by atoms with Crippen LogP contribution in [0.2, 0.25) is 0 Å². The number of allylic oxidation sites excluding steroid dienone is 1. The molecule has 1 aromatic carbocycles. The average Bonchev–Trinajstić information content (AvgIpc) is 2.90. The van der Waals surface area contributed by atoms with E-state index in [1.807, 2.05) is 4.90 Å². The molecule has 0 amide bonds. The molecule has 3 rings (SSSR count). The Labute approximate surface area is 230 Å². The molecule has 1 atom stereocenters. The second-order valence-electron chi connectivity index (χ2n) is 8.95. The van der Waals surface area contributed by atoms with Crippen molar-refractivity contribution in [1.82, 2.24) is 4.90 Å². The Kier molecular flexibility index (Phi) is 13.2. The summed E-state index contributed by atoms with van der Waals surface area (Å²) >= 11 is 1.19. The summed E-state index contributed by atoms with van der Waals surface area (Å²) in [6.45, 7) is -0.468. The number of halogens is 8. The van der Waals surface area contributed by atoms with E-state index in [0.29, 0.717) is 42.1 Å². The first-order valence-electron chi connectivity index (χ1n) is 12.1. The number of alkyl halides is 7. The first kappa shape index (κ1) is 33.9. The minimum atomic E-state index is -4.54. The molecule has 6 nitrogen and oxygen atoms in total. The van der Waals surface area contributed by atoms with Crippen LogP contribution in [0.15, 0.2) is 58.6 Å². The van der Waals surface area contributed by atoms with Crippen molar-refractivity contribution in [3.05, 3.63) is 69.7 Å². The van der Waals surface area contributed by atoms with E-state index in [9.17, 15) is 35.1 Å². The highest BCUT2D eigenvalue weighted by molar-refractivity contribution is 8.02. The van der Waals surface area contributed by atoms with Crippen LogP contribution in [0.5, 0.6) is 0 Å². The number of nitrogens with two attached hydrogens (primary N) is 2. The van der Waals surface area contributed by atoms with E-state index in [1.165, 1.54) is 23.9 Å². The molecule has 1 aliphatic heterocycles. The molecular formula is C25H31F8N3O3S. The van der Waals surface area contributed by atoms with Gasteiger partial charge in [-0.15, -0.1) is 11.8 Å². The highest BCUT2D eigenvalue weighted by Gasteiger charge is 2.31. The van der Waals surface area contributed by atoms with Gasteiger partial charge in [-0.1, -0.05) is 12.1 Å². The van der Waals surface area contributed by atoms with Crippen molar-refractivity contribution in [2.45, 2.75) is 49.6 Å². The quantitative estimate of drug-likeness (QED) is 0.223. The summed E-state index contributed by atoms with van der Waals surface area (Å²) in [5.41, 5.74) is 6.48. The minimum absolute atomic E-state index is 0.0905. The van der Waals surface area contributed by atoms with Gasteiger partial charge >= 0.3 is 12.4 Å². The fraction of sp³-hybridized carbons (Fsp3) is 0.520. The molecule has 0 radical (unpaired) electrons. The van der Waals surface area contributed by atoms with Gasteiger partial charge in [-0.2, -0.15) is 26.3 Å². The normalized spacial score (nSPS) is 19.7. The zero-order valence-electron chi connectivity index (χ0n) is 21.3. The number of benzene rings is 1. The summed E-state index contributed by atoms with van der Waals surface area (Å²) in [7, 11) is 0. The van der Waals surface area contributed by atoms with Gasteiger partial charge in [0.2, 0.25) is 0 Å². The summed E-state index contributed by atoms with van der Waals surface area (Å²) in [5, 5.41) is 6.50. The molecule has 40 heavy (non-hydrogen) atoms. The molecule has 1 aromatic rings. The van der Waals surface area contributed by atoms with Crippen molar-refractivity contribution < 1.29 is 49.8 Å². The molecule has 1 fully saturated rings. The predicted octanol–water partition coefficient (Wildman–Crippen LogP) is 5.98. The van der Waals surface area contributed by atoms with E-state index in [4.69, 9.17) is 20.4 Å². The molecule has 0 spiro atoms. The van der Waals surface area contributed by atoms with Crippen LogP contribution in [0.3, 0.4) is 0 Å². The topological polar surface area (TPSA) is 94.0 Å². The molecule has 1 heterocycles. The lowest BCUT2D eigenvalue weighted by atomic mass is 10.1. The summed E-state index contributed by atoms with van der Waals surface area (Å²) in [6, 6.07) is 4.61. The van der Waals surface area contributed by atoms with Gasteiger partial charge in [0.05, 0.1) is 11.7 Å². The number of nitrogens with zero attached hydrogens (tertiary/aromatic N) is 1. The predicted molar refractivity (Wildman–Crippen MR) is 134 cm³/mol. The molecule has 0 saturated carbocycles. The molecular weight excluding hydrogens is 574 g/mol. The Hall–Kier alpha value is -2.33. The summed E-state index contributed by atoms with van der Waals surface area (Å²) in [5.74, 6) is 2.69. The highest BCUT2D eigenvalue weighted by Crippen LogP contribution is 2.32. The third-order valence-corrected chi connectivity index (χ3v) is 7.09. The van der Waals surface area contributed by atoms with E-state index < -0.39 is 42.6 Å². The molecule has 226 valence electrons. The third-order valence-electron chi connectivity index (χ3n) is 5.89. The van der Waals surface area contributed by atoms with E-state index in [-0.39, 0.29) is 31.1 Å². The van der Waals surface area contributed by atoms with Crippen LogP contribution in [-0.2, 0) is 21.4 Å². The van der Waals surface area contributed by atoms with Gasteiger partial charge in [0.1, 0.15) is 19.4 Å². The number of ether oxygens (including phenoxy) is 2. The summed E-state index contributed by atoms with van der Waals surface area (Å²) in [4.78, 5) is 2.42. The first-order valence-corrected chi connectivity index (χ1v) is 13.1. The first-order chi connectivity index (χ1) is 18.8. The van der Waals surface area contributed by atoms with E-state index in [1.54, 1.807) is 0 Å². The van der Waals surface area contributed by atoms with Gasteiger partial charge in [0, 0.05) is 36.0 Å². The number of thioether (sulfide) groups is 1. The Bertz CT molecular complexity index is 1020. The maximum absolute atomic E-state index is 14.3. The fourth-order valence-electron chi connectivity index (χ4n) is 3.79. The molecule has 2 aliphatic rings. The second-order valence-corrected chi connectivity index (χ2v) is 10.0. The molecule has 15 heteroatoms. The van der Waals surface area contributed by atoms with Gasteiger partial charge in [-0.25, -0.2) is 14.7 Å². The second kappa shape index (κ2) is 15.6. The number of piperidine rings is 1. The smallest absolute Gasteiger partial charge is 0.416 e. The molecule has 1 aliphatic carbocycles. The number of hydrogen-bond donors (Lipinski definition) is 3. The van der Waals surface area contributed by atoms with Crippen LogP contribution >= 0.6 is 11.8 Å². The number of rotatable bonds is 10. The van der Waals surface area contributed by atoms with Crippen molar-refractivity contribution in [2.75, 3.05) is 32.8 Å². The monoisotopic (exact) mass is 605 g/mol. The van der Waals surface area contributed by atoms with Crippen molar-refractivity contribution in [3.63, 3.8) is 0 Å². The van der Waals surface area contributed by atoms with Crippen LogP contribution in [0, 0.1) is 0 Å². The lowest BCUT2D eigenvalue weighted by molar-refractivity contribution is -0.180. The van der Waals surface area contributed by atoms with Gasteiger partial charge in [-0.3, -0.25) is 4.90 Å². The van der Waals surface area contributed by atoms with Crippen LogP contribution in [0.4, 0.5) is 35.1 Å². The third kappa shape index (κ3) is 11.6. The lowest BCUT2D eigenvalue weighted by Gasteiger charge is -2.29. The Morgan fingerprint density at radius 2 is 1.68 bits per heavy atom. The number of hydrogen-bond acceptors (Lipinski definition) is 7. The molecule has 0 bridgehead atoms. The Morgan fingerprint density at radius 3 is 2.25 bits per heavy atom. The summed E-state index contributed by atoms with van der Waals surface area (Å²) < 4.78 is 114. The van der Waals surface area contributed by atoms with Crippen molar-refractivity contribution >= 4 is 11.8 Å². The van der Waals surface area contributed by atoms with Crippen molar-refractivity contribution in [3.8, 4) is 0 Å². The zero-order valence-corrected chi connectivity index (χ0v) is 22.1. The maximum Gasteiger partial charge on any atom is 0.416 e. The van der Waals surface area contributed by atoms with E-state index in [2.05, 4.69) is 5.90 Å². The van der Waals surface area contributed by atoms with Crippen LogP contribution < -0.4 is 11.6 Å². The minimum Gasteiger partial charge on any atom is -0.485 e. The van der Waals surface area contributed by atoms with Gasteiger partial charge in [-0.05, 0) is 49.1 Å². The molecule has 5 N–H and O–H groups in total. The van der Waals surface area contributed by atoms with Crippen LogP contribution in [0.1, 0.15) is 30.4 Å². The Balaban J connectivity index is 0.00000274. The largest absolute Gasteiger partial charge is 0.485 e. The molecule has 1 unspecified atom stereocenters. The van der Waals surface area contributed by atoms with Crippen molar-refractivity contribution in [2.24, 2.45) is 11.6 Å². The standard InChI is InChI=1S/C25H28F8N2O2S.H3NO/c26-18-7-9-35(10-8-18)12-21(34)23(38-14-16-1-3-17(4-2-16)25(31,32)33)13-36-22-11-19(5-6-20(22)27)37-15-24(28,29)30;1-2/h1-4,6,11,18-19H,5,7-10,12-15,34H2;2H,1H2/b23-21-;. The Morgan fingerprint density at radius 1 is 1.05 bits per heavy atom. The number of likely N-dealkylation sites (tertiary alicyclic amines) is 1. The van der Waals surface area contributed by atoms with Crippen LogP contribution in [-0.4, -0.2) is 61.4 Å². The maximum atomic E-state index is 14.3. The SMILES string of the molecule is N/C(CN1CCC(F)CC1)=C(/COC1=CC(OCC(F)(F)F)CC=C1F)SCc1ccc(C(F)(F)F)cc1.NO. The fourth-order valence-corrected chi connectivity index (χ4v) is 4.72. The van der Waals surface area contributed by atoms with E-state index >= 15 is 0 Å². The van der Waals surface area contributed by atoms with E-state index in [0.717, 1.165) is 24.3 Å². The molecule has 0 aromatic heterocycles. The van der Waals surface area contributed by atoms with Gasteiger partial charge in [0.15, 0.2) is 11.6 Å². The highest BCUT2D eigenvalue weighted by atomic mass is 32.2. The van der Waals surface area contributed by atoms with Crippen molar-refractivity contribution in [1.29, 1.82) is 0 Å². The molecule has 1 saturated heterocycles.